The molecule has 5 aliphatic rings. The Morgan fingerprint density at radius 1 is 0.271 bits per heavy atom. The Kier molecular flexibility index (Phi) is 6.67. The highest BCUT2D eigenvalue weighted by atomic mass is 14.8. The first-order chi connectivity index (χ1) is 23.7. The summed E-state index contributed by atoms with van der Waals surface area (Å²) in [5.41, 5.74) is 15.3. The summed E-state index contributed by atoms with van der Waals surface area (Å²) in [7, 11) is 0. The van der Waals surface area contributed by atoms with Gasteiger partial charge in [-0.2, -0.15) is 0 Å². The molecule has 0 unspecified atom stereocenters. The van der Waals surface area contributed by atoms with E-state index in [0.717, 1.165) is 72.7 Å². The molecule has 234 valence electrons. The molecule has 6 aromatic rings. The van der Waals surface area contributed by atoms with Crippen LogP contribution in [-0.2, 0) is 0 Å². The molecule has 0 saturated carbocycles. The predicted octanol–water partition coefficient (Wildman–Crippen LogP) is 10.4. The van der Waals surface area contributed by atoms with Crippen molar-refractivity contribution in [2.75, 3.05) is 0 Å². The van der Waals surface area contributed by atoms with Gasteiger partial charge in [-0.1, -0.05) is 91.0 Å². The van der Waals surface area contributed by atoms with Gasteiger partial charge in [0.2, 0.25) is 0 Å². The zero-order valence-electron chi connectivity index (χ0n) is 27.2. The van der Waals surface area contributed by atoms with Crippen LogP contribution in [0.5, 0.6) is 0 Å². The van der Waals surface area contributed by atoms with E-state index in [1.807, 2.05) is 0 Å². The first-order valence-electron chi connectivity index (χ1n) is 18.0. The quantitative estimate of drug-likeness (QED) is 0.169. The zero-order valence-corrected chi connectivity index (χ0v) is 27.2. The molecule has 3 heteroatoms. The van der Waals surface area contributed by atoms with Crippen LogP contribution in [0.15, 0.2) is 127 Å². The second-order valence-corrected chi connectivity index (χ2v) is 14.5. The summed E-state index contributed by atoms with van der Waals surface area (Å²) in [6.45, 7) is 0. The van der Waals surface area contributed by atoms with E-state index < -0.39 is 0 Å². The summed E-state index contributed by atoms with van der Waals surface area (Å²) in [6.07, 6.45) is 5.96. The van der Waals surface area contributed by atoms with Gasteiger partial charge in [-0.15, -0.1) is 0 Å². The number of rotatable bonds is 0. The Morgan fingerprint density at radius 3 is 0.729 bits per heavy atom. The summed E-state index contributed by atoms with van der Waals surface area (Å²) in [4.78, 5) is 16.6. The Balaban J connectivity index is 1.34. The fourth-order valence-corrected chi connectivity index (χ4v) is 9.47. The van der Waals surface area contributed by atoms with Gasteiger partial charge in [0.05, 0.1) is 0 Å². The molecule has 3 aromatic heterocycles. The number of pyridine rings is 3. The third kappa shape index (κ3) is 4.74. The summed E-state index contributed by atoms with van der Waals surface area (Å²) < 4.78 is 0. The van der Waals surface area contributed by atoms with Crippen LogP contribution in [0.1, 0.15) is 142 Å². The fourth-order valence-electron chi connectivity index (χ4n) is 9.47. The van der Waals surface area contributed by atoms with Gasteiger partial charge in [0.25, 0.3) is 0 Å². The first kappa shape index (κ1) is 28.2. The molecule has 0 N–H and O–H groups in total. The van der Waals surface area contributed by atoms with Crippen molar-refractivity contribution < 1.29 is 0 Å². The van der Waals surface area contributed by atoms with Crippen molar-refractivity contribution >= 4 is 0 Å². The molecular weight excluding hydrogens is 583 g/mol. The van der Waals surface area contributed by atoms with Gasteiger partial charge in [0.1, 0.15) is 0 Å². The largest absolute Gasteiger partial charge is 0.256 e. The van der Waals surface area contributed by atoms with Gasteiger partial charge in [-0.3, -0.25) is 15.0 Å². The van der Waals surface area contributed by atoms with Crippen molar-refractivity contribution in [3.8, 4) is 0 Å². The molecule has 11 rings (SSSR count). The molecule has 0 fully saturated rings. The Bertz CT molecular complexity index is 1650. The van der Waals surface area contributed by atoms with Crippen molar-refractivity contribution in [3.05, 3.63) is 195 Å². The highest BCUT2D eigenvalue weighted by molar-refractivity contribution is 5.46. The summed E-state index contributed by atoms with van der Waals surface area (Å²) in [6, 6.07) is 49.0. The van der Waals surface area contributed by atoms with Crippen LogP contribution in [0.4, 0.5) is 0 Å². The fraction of sp³-hybridized carbons (Fsp3) is 0.267. The molecule has 0 saturated heterocycles. The molecule has 0 amide bonds. The third-order valence-electron chi connectivity index (χ3n) is 11.9. The molecule has 48 heavy (non-hydrogen) atoms. The highest BCUT2D eigenvalue weighted by Crippen LogP contribution is 2.45. The van der Waals surface area contributed by atoms with Crippen molar-refractivity contribution in [3.63, 3.8) is 0 Å². The number of hydrogen-bond donors (Lipinski definition) is 0. The van der Waals surface area contributed by atoms with Gasteiger partial charge in [-0.25, -0.2) is 0 Å². The van der Waals surface area contributed by atoms with E-state index in [0.29, 0.717) is 0 Å². The van der Waals surface area contributed by atoms with E-state index in [-0.39, 0.29) is 35.5 Å². The number of nitrogens with zero attached hydrogens (tertiary/aromatic N) is 3. The Labute approximate surface area is 283 Å². The van der Waals surface area contributed by atoms with Gasteiger partial charge in [-0.05, 0) is 108 Å². The molecule has 0 spiro atoms. The van der Waals surface area contributed by atoms with Crippen LogP contribution in [0.3, 0.4) is 0 Å². The molecule has 4 aliphatic heterocycles. The summed E-state index contributed by atoms with van der Waals surface area (Å²) >= 11 is 0. The smallest absolute Gasteiger partial charge is 0.0497 e. The SMILES string of the molecule is c1cc2cc(c1)C1CCC3c4cccc(n4)C4CCC2c2cccc(c2)C(CCC(c2cccc4n2)c2cccc3n2)c2cccc1c2. The topological polar surface area (TPSA) is 38.7 Å². The average Bonchev–Trinajstić information content (AvgIpc) is 3.13. The molecule has 0 atom stereocenters. The van der Waals surface area contributed by atoms with E-state index in [2.05, 4.69) is 127 Å². The van der Waals surface area contributed by atoms with E-state index >= 15 is 0 Å². The maximum absolute atomic E-state index is 5.54. The second kappa shape index (κ2) is 11.4. The monoisotopic (exact) mass is 621 g/mol. The molecule has 0 radical (unpaired) electrons. The molecular formula is C45H39N3. The lowest BCUT2D eigenvalue weighted by Gasteiger charge is -2.31. The van der Waals surface area contributed by atoms with Crippen LogP contribution in [0.25, 0.3) is 0 Å². The Morgan fingerprint density at radius 2 is 0.479 bits per heavy atom. The Hall–Kier alpha value is -4.89. The van der Waals surface area contributed by atoms with Gasteiger partial charge >= 0.3 is 0 Å². The number of aromatic nitrogens is 3. The highest BCUT2D eigenvalue weighted by Gasteiger charge is 2.31. The minimum atomic E-state index is 0.107. The summed E-state index contributed by atoms with van der Waals surface area (Å²) in [5, 5.41) is 0. The number of benzene rings is 3. The molecule has 3 nitrogen and oxygen atoms in total. The van der Waals surface area contributed by atoms with E-state index in [4.69, 9.17) is 15.0 Å². The van der Waals surface area contributed by atoms with Crippen molar-refractivity contribution in [1.29, 1.82) is 0 Å². The standard InChI is InChI=1S/C45H39N3/c1-7-28-25-29(8-1)35-20-23-38-41-14-4-13-40(46-41)37-22-19-34(28)30-9-2-11-32(26-30)36(33-12-3-10-31(35)27-33)21-24-39(44-17-5-15-42(37)47-44)45-18-6-16-43(38)48-45/h1-18,25-27,34-39H,19-24H2. The van der Waals surface area contributed by atoms with Crippen molar-refractivity contribution in [1.82, 2.24) is 15.0 Å². The molecule has 18 bridgehead atoms. The maximum atomic E-state index is 5.54. The lowest BCUT2D eigenvalue weighted by molar-refractivity contribution is 0.545. The first-order valence-corrected chi connectivity index (χ1v) is 18.0. The average molecular weight is 622 g/mol. The minimum Gasteiger partial charge on any atom is -0.256 e. The molecule has 7 heterocycles. The third-order valence-corrected chi connectivity index (χ3v) is 11.9. The van der Waals surface area contributed by atoms with Crippen molar-refractivity contribution in [2.24, 2.45) is 0 Å². The van der Waals surface area contributed by atoms with E-state index in [9.17, 15) is 0 Å². The summed E-state index contributed by atoms with van der Waals surface area (Å²) in [5.74, 6) is 1.17. The number of hydrogen-bond acceptors (Lipinski definition) is 3. The predicted molar refractivity (Wildman–Crippen MR) is 191 cm³/mol. The van der Waals surface area contributed by atoms with Gasteiger partial charge in [0.15, 0.2) is 0 Å². The van der Waals surface area contributed by atoms with Crippen molar-refractivity contribution in [2.45, 2.75) is 74.0 Å². The van der Waals surface area contributed by atoms with Crippen LogP contribution in [0, 0.1) is 0 Å². The second-order valence-electron chi connectivity index (χ2n) is 14.5. The van der Waals surface area contributed by atoms with Crippen LogP contribution in [-0.4, -0.2) is 15.0 Å². The van der Waals surface area contributed by atoms with Gasteiger partial charge in [0, 0.05) is 69.7 Å². The normalized spacial score (nSPS) is 25.0. The zero-order chi connectivity index (χ0) is 31.6. The minimum absolute atomic E-state index is 0.107. The van der Waals surface area contributed by atoms with E-state index in [1.165, 1.54) is 33.4 Å². The molecule has 1 aliphatic carbocycles. The lowest BCUT2D eigenvalue weighted by Crippen LogP contribution is -2.18. The number of fused-ring (bicyclic) bond motifs is 3. The van der Waals surface area contributed by atoms with Crippen LogP contribution >= 0.6 is 0 Å². The van der Waals surface area contributed by atoms with Crippen LogP contribution < -0.4 is 0 Å². The molecule has 3 aromatic carbocycles. The lowest BCUT2D eigenvalue weighted by atomic mass is 9.75. The van der Waals surface area contributed by atoms with Gasteiger partial charge < -0.3 is 0 Å². The maximum Gasteiger partial charge on any atom is 0.0497 e. The van der Waals surface area contributed by atoms with E-state index in [1.54, 1.807) is 0 Å². The van der Waals surface area contributed by atoms with Crippen LogP contribution in [0.2, 0.25) is 0 Å².